The Balaban J connectivity index is 2.06. The number of nitrogens with zero attached hydrogens (tertiary/aromatic N) is 2. The summed E-state index contributed by atoms with van der Waals surface area (Å²) in [5.41, 5.74) is -0.0785. The molecule has 0 N–H and O–H groups in total. The van der Waals surface area contributed by atoms with Gasteiger partial charge in [0.15, 0.2) is 0 Å². The summed E-state index contributed by atoms with van der Waals surface area (Å²) in [5, 5.41) is 2.34. The molecule has 0 radical (unpaired) electrons. The van der Waals surface area contributed by atoms with Crippen LogP contribution in [0.1, 0.15) is 27.2 Å². The van der Waals surface area contributed by atoms with E-state index in [1.165, 1.54) is 0 Å². The third-order valence-electron chi connectivity index (χ3n) is 3.34. The van der Waals surface area contributed by atoms with E-state index in [9.17, 15) is 0 Å². The zero-order valence-corrected chi connectivity index (χ0v) is 12.6. The molecule has 1 aromatic heterocycles. The highest BCUT2D eigenvalue weighted by Crippen LogP contribution is 2.17. The average molecular weight is 272 g/mol. The van der Waals surface area contributed by atoms with Crippen molar-refractivity contribution in [1.29, 1.82) is 0 Å². The summed E-state index contributed by atoms with van der Waals surface area (Å²) in [5.74, 6) is 0.921. The van der Waals surface area contributed by atoms with Crippen molar-refractivity contribution >= 4 is 0 Å². The molecule has 108 valence electrons. The number of hydrogen-bond acceptors (Lipinski definition) is 2. The Kier molecular flexibility index (Phi) is 4.72. The van der Waals surface area contributed by atoms with Crippen molar-refractivity contribution in [3.8, 4) is 5.75 Å². The van der Waals surface area contributed by atoms with Crippen LogP contribution in [0.15, 0.2) is 54.9 Å². The molecule has 0 unspecified atom stereocenters. The SMILES string of the molecule is CCCN(n1cccc1)C(C)(C)COc1ccccc1. The molecule has 3 nitrogen and oxygen atoms in total. The van der Waals surface area contributed by atoms with E-state index in [1.807, 2.05) is 30.3 Å². The molecule has 0 spiro atoms. The van der Waals surface area contributed by atoms with E-state index in [4.69, 9.17) is 4.74 Å². The maximum atomic E-state index is 5.94. The Morgan fingerprint density at radius 1 is 1.05 bits per heavy atom. The third-order valence-corrected chi connectivity index (χ3v) is 3.34. The minimum absolute atomic E-state index is 0.0785. The predicted octanol–water partition coefficient (Wildman–Crippen LogP) is 3.69. The molecule has 0 bridgehead atoms. The van der Waals surface area contributed by atoms with Gasteiger partial charge in [0, 0.05) is 18.9 Å². The largest absolute Gasteiger partial charge is 0.491 e. The van der Waals surface area contributed by atoms with Crippen molar-refractivity contribution in [3.63, 3.8) is 0 Å². The first kappa shape index (κ1) is 14.5. The average Bonchev–Trinajstić information content (AvgIpc) is 2.97. The monoisotopic (exact) mass is 272 g/mol. The number of aromatic nitrogens is 1. The Bertz CT molecular complexity index is 491. The number of ether oxygens (including phenoxy) is 1. The lowest BCUT2D eigenvalue weighted by molar-refractivity contribution is 0.209. The summed E-state index contributed by atoms with van der Waals surface area (Å²) in [4.78, 5) is 0. The van der Waals surface area contributed by atoms with E-state index in [1.54, 1.807) is 0 Å². The first-order chi connectivity index (χ1) is 9.63. The number of rotatable bonds is 7. The first-order valence-electron chi connectivity index (χ1n) is 7.22. The molecule has 0 saturated carbocycles. The van der Waals surface area contributed by atoms with Crippen molar-refractivity contribution < 1.29 is 4.74 Å². The Hall–Kier alpha value is -1.90. The summed E-state index contributed by atoms with van der Waals surface area (Å²) in [7, 11) is 0. The van der Waals surface area contributed by atoms with Crippen LogP contribution in [0.4, 0.5) is 0 Å². The van der Waals surface area contributed by atoms with Gasteiger partial charge in [-0.3, -0.25) is 4.68 Å². The summed E-state index contributed by atoms with van der Waals surface area (Å²) in [6.45, 7) is 8.27. The summed E-state index contributed by atoms with van der Waals surface area (Å²) in [6.07, 6.45) is 5.27. The standard InChI is InChI=1S/C17H24N2O/c1-4-12-19(18-13-8-9-14-18)17(2,3)15-20-16-10-6-5-7-11-16/h5-11,13-14H,4,12,15H2,1-3H3. The molecule has 1 heterocycles. The van der Waals surface area contributed by atoms with Crippen molar-refractivity contribution in [2.45, 2.75) is 32.7 Å². The predicted molar refractivity (Wildman–Crippen MR) is 83.8 cm³/mol. The smallest absolute Gasteiger partial charge is 0.119 e. The van der Waals surface area contributed by atoms with Crippen LogP contribution in [0.2, 0.25) is 0 Å². The molecule has 2 rings (SSSR count). The van der Waals surface area contributed by atoms with Gasteiger partial charge in [0.2, 0.25) is 0 Å². The Morgan fingerprint density at radius 2 is 1.70 bits per heavy atom. The van der Waals surface area contributed by atoms with Gasteiger partial charge >= 0.3 is 0 Å². The highest BCUT2D eigenvalue weighted by molar-refractivity contribution is 5.21. The van der Waals surface area contributed by atoms with Crippen molar-refractivity contribution in [1.82, 2.24) is 4.68 Å². The topological polar surface area (TPSA) is 17.4 Å². The van der Waals surface area contributed by atoms with Crippen LogP contribution in [0.5, 0.6) is 5.75 Å². The third kappa shape index (κ3) is 3.56. The van der Waals surface area contributed by atoms with E-state index >= 15 is 0 Å². The quantitative estimate of drug-likeness (QED) is 0.764. The fourth-order valence-corrected chi connectivity index (χ4v) is 2.28. The van der Waals surface area contributed by atoms with Crippen LogP contribution >= 0.6 is 0 Å². The highest BCUT2D eigenvalue weighted by Gasteiger charge is 2.27. The van der Waals surface area contributed by atoms with Crippen molar-refractivity contribution in [3.05, 3.63) is 54.9 Å². The molecule has 0 aliphatic carbocycles. The lowest BCUT2D eigenvalue weighted by Gasteiger charge is -2.40. The van der Waals surface area contributed by atoms with Crippen LogP contribution in [-0.4, -0.2) is 23.4 Å². The first-order valence-corrected chi connectivity index (χ1v) is 7.22. The van der Waals surface area contributed by atoms with Gasteiger partial charge in [-0.1, -0.05) is 25.1 Å². The van der Waals surface area contributed by atoms with Crippen LogP contribution in [0.3, 0.4) is 0 Å². The van der Waals surface area contributed by atoms with Gasteiger partial charge in [-0.05, 0) is 44.5 Å². The summed E-state index contributed by atoms with van der Waals surface area (Å²) in [6, 6.07) is 14.1. The highest BCUT2D eigenvalue weighted by atomic mass is 16.5. The van der Waals surface area contributed by atoms with Gasteiger partial charge in [0.1, 0.15) is 12.4 Å². The molecule has 0 amide bonds. The van der Waals surface area contributed by atoms with Crippen LogP contribution in [0.25, 0.3) is 0 Å². The van der Waals surface area contributed by atoms with Crippen molar-refractivity contribution in [2.24, 2.45) is 0 Å². The van der Waals surface area contributed by atoms with Gasteiger partial charge in [0.25, 0.3) is 0 Å². The minimum atomic E-state index is -0.0785. The number of para-hydroxylation sites is 1. The lowest BCUT2D eigenvalue weighted by Crippen LogP contribution is -2.54. The zero-order valence-electron chi connectivity index (χ0n) is 12.6. The van der Waals surface area contributed by atoms with Gasteiger partial charge in [-0.2, -0.15) is 0 Å². The Labute approximate surface area is 121 Å². The van der Waals surface area contributed by atoms with Gasteiger partial charge in [0.05, 0.1) is 5.54 Å². The maximum absolute atomic E-state index is 5.94. The molecule has 0 atom stereocenters. The number of benzene rings is 1. The molecule has 0 aliphatic rings. The van der Waals surface area contributed by atoms with E-state index in [0.717, 1.165) is 18.7 Å². The minimum Gasteiger partial charge on any atom is -0.491 e. The van der Waals surface area contributed by atoms with E-state index in [2.05, 4.69) is 55.0 Å². The second kappa shape index (κ2) is 6.51. The molecule has 0 aliphatic heterocycles. The molecule has 3 heteroatoms. The van der Waals surface area contributed by atoms with Crippen molar-refractivity contribution in [2.75, 3.05) is 18.2 Å². The second-order valence-electron chi connectivity index (χ2n) is 5.60. The zero-order chi connectivity index (χ0) is 14.4. The van der Waals surface area contributed by atoms with Crippen LogP contribution in [-0.2, 0) is 0 Å². The van der Waals surface area contributed by atoms with Gasteiger partial charge in [-0.25, -0.2) is 0 Å². The molecule has 0 saturated heterocycles. The van der Waals surface area contributed by atoms with Gasteiger partial charge in [-0.15, -0.1) is 0 Å². The Morgan fingerprint density at radius 3 is 2.30 bits per heavy atom. The molecule has 2 aromatic rings. The summed E-state index contributed by atoms with van der Waals surface area (Å²) >= 11 is 0. The van der Waals surface area contributed by atoms with Gasteiger partial charge < -0.3 is 9.75 Å². The molecular formula is C17H24N2O. The molecule has 20 heavy (non-hydrogen) atoms. The number of hydrogen-bond donors (Lipinski definition) is 0. The fraction of sp³-hybridized carbons (Fsp3) is 0.412. The van der Waals surface area contributed by atoms with E-state index in [0.29, 0.717) is 6.61 Å². The van der Waals surface area contributed by atoms with E-state index in [-0.39, 0.29) is 5.54 Å². The second-order valence-corrected chi connectivity index (χ2v) is 5.60. The van der Waals surface area contributed by atoms with Crippen LogP contribution < -0.4 is 9.75 Å². The maximum Gasteiger partial charge on any atom is 0.119 e. The van der Waals surface area contributed by atoms with Crippen LogP contribution in [0, 0.1) is 0 Å². The molecule has 0 fully saturated rings. The molecule has 1 aromatic carbocycles. The summed E-state index contributed by atoms with van der Waals surface area (Å²) < 4.78 is 8.09. The fourth-order valence-electron chi connectivity index (χ4n) is 2.28. The van der Waals surface area contributed by atoms with E-state index < -0.39 is 0 Å². The molecular weight excluding hydrogens is 248 g/mol. The lowest BCUT2D eigenvalue weighted by atomic mass is 10.1. The normalized spacial score (nSPS) is 11.3.